The van der Waals surface area contributed by atoms with E-state index in [0.29, 0.717) is 31.1 Å². The van der Waals surface area contributed by atoms with Crippen molar-refractivity contribution in [1.29, 1.82) is 0 Å². The maximum absolute atomic E-state index is 12.9. The van der Waals surface area contributed by atoms with Crippen molar-refractivity contribution in [1.82, 2.24) is 9.88 Å². The summed E-state index contributed by atoms with van der Waals surface area (Å²) in [5.41, 5.74) is 0.411. The number of aromatic nitrogens is 1. The molecule has 1 amide bonds. The van der Waals surface area contributed by atoms with E-state index < -0.39 is 0 Å². The third-order valence-electron chi connectivity index (χ3n) is 4.90. The van der Waals surface area contributed by atoms with Crippen LogP contribution in [-0.4, -0.2) is 62.4 Å². The lowest BCUT2D eigenvalue weighted by molar-refractivity contribution is -0.142. The smallest absolute Gasteiger partial charge is 0.259 e. The van der Waals surface area contributed by atoms with Crippen LogP contribution in [0.2, 0.25) is 0 Å². The van der Waals surface area contributed by atoms with Crippen molar-refractivity contribution in [3.05, 3.63) is 23.9 Å². The molecule has 0 aromatic carbocycles. The van der Waals surface area contributed by atoms with Gasteiger partial charge in [-0.3, -0.25) is 4.79 Å². The summed E-state index contributed by atoms with van der Waals surface area (Å²) in [6.07, 6.45) is 4.69. The van der Waals surface area contributed by atoms with Crippen LogP contribution in [0, 0.1) is 5.41 Å². The second-order valence-corrected chi connectivity index (χ2v) is 6.33. The average molecular weight is 320 g/mol. The second-order valence-electron chi connectivity index (χ2n) is 6.33. The Kier molecular flexibility index (Phi) is 4.82. The van der Waals surface area contributed by atoms with E-state index in [4.69, 9.17) is 14.2 Å². The fourth-order valence-electron chi connectivity index (χ4n) is 3.85. The molecule has 2 aliphatic heterocycles. The molecule has 3 heterocycles. The van der Waals surface area contributed by atoms with Crippen LogP contribution in [0.15, 0.2) is 18.3 Å². The van der Waals surface area contributed by atoms with Crippen molar-refractivity contribution >= 4 is 5.91 Å². The first kappa shape index (κ1) is 16.2. The SMILES string of the molecule is COCC12CCCOC1CCN(C(=O)c1cccnc1OC)C2. The summed E-state index contributed by atoms with van der Waals surface area (Å²) in [6, 6.07) is 3.53. The van der Waals surface area contributed by atoms with Crippen LogP contribution in [0.3, 0.4) is 0 Å². The summed E-state index contributed by atoms with van der Waals surface area (Å²) in [5.74, 6) is 0.342. The van der Waals surface area contributed by atoms with Gasteiger partial charge in [-0.25, -0.2) is 4.98 Å². The van der Waals surface area contributed by atoms with Gasteiger partial charge in [0, 0.05) is 38.4 Å². The minimum Gasteiger partial charge on any atom is -0.480 e. The van der Waals surface area contributed by atoms with Crippen LogP contribution >= 0.6 is 0 Å². The van der Waals surface area contributed by atoms with E-state index in [2.05, 4.69) is 4.98 Å². The third-order valence-corrected chi connectivity index (χ3v) is 4.90. The number of pyridine rings is 1. The van der Waals surface area contributed by atoms with Gasteiger partial charge in [-0.2, -0.15) is 0 Å². The Morgan fingerprint density at radius 1 is 1.52 bits per heavy atom. The first-order valence-corrected chi connectivity index (χ1v) is 8.09. The summed E-state index contributed by atoms with van der Waals surface area (Å²) in [7, 11) is 3.25. The number of carbonyl (C=O) groups is 1. The Morgan fingerprint density at radius 2 is 2.39 bits per heavy atom. The van der Waals surface area contributed by atoms with Crippen molar-refractivity contribution < 1.29 is 19.0 Å². The fraction of sp³-hybridized carbons (Fsp3) is 0.647. The first-order chi connectivity index (χ1) is 11.2. The highest BCUT2D eigenvalue weighted by Crippen LogP contribution is 2.40. The van der Waals surface area contributed by atoms with E-state index in [1.807, 2.05) is 4.90 Å². The van der Waals surface area contributed by atoms with Gasteiger partial charge in [-0.1, -0.05) is 0 Å². The number of hydrogen-bond acceptors (Lipinski definition) is 5. The van der Waals surface area contributed by atoms with Gasteiger partial charge >= 0.3 is 0 Å². The topological polar surface area (TPSA) is 60.9 Å². The number of rotatable bonds is 4. The molecule has 0 aliphatic carbocycles. The van der Waals surface area contributed by atoms with E-state index in [1.54, 1.807) is 25.4 Å². The number of ether oxygens (including phenoxy) is 3. The molecule has 0 bridgehead atoms. The van der Waals surface area contributed by atoms with Gasteiger partial charge in [0.25, 0.3) is 5.91 Å². The lowest BCUT2D eigenvalue weighted by Crippen LogP contribution is -2.58. The van der Waals surface area contributed by atoms with Crippen molar-refractivity contribution in [2.75, 3.05) is 40.5 Å². The van der Waals surface area contributed by atoms with Gasteiger partial charge in [0.15, 0.2) is 0 Å². The minimum atomic E-state index is -0.101. The van der Waals surface area contributed by atoms with Gasteiger partial charge in [-0.15, -0.1) is 0 Å². The highest BCUT2D eigenvalue weighted by Gasteiger charge is 2.47. The summed E-state index contributed by atoms with van der Waals surface area (Å²) in [5, 5.41) is 0. The average Bonchev–Trinajstić information content (AvgIpc) is 2.60. The van der Waals surface area contributed by atoms with Crippen LogP contribution in [-0.2, 0) is 9.47 Å². The number of likely N-dealkylation sites (tertiary alicyclic amines) is 1. The molecule has 2 atom stereocenters. The Balaban J connectivity index is 1.82. The maximum atomic E-state index is 12.9. The molecule has 0 radical (unpaired) electrons. The lowest BCUT2D eigenvalue weighted by atomic mass is 9.73. The molecule has 23 heavy (non-hydrogen) atoms. The number of carbonyl (C=O) groups excluding carboxylic acids is 1. The monoisotopic (exact) mass is 320 g/mol. The van der Waals surface area contributed by atoms with Crippen molar-refractivity contribution in [3.8, 4) is 5.88 Å². The zero-order valence-electron chi connectivity index (χ0n) is 13.8. The molecule has 0 spiro atoms. The summed E-state index contributed by atoms with van der Waals surface area (Å²) in [4.78, 5) is 18.9. The normalized spacial score (nSPS) is 27.4. The number of piperidine rings is 1. The lowest BCUT2D eigenvalue weighted by Gasteiger charge is -2.50. The summed E-state index contributed by atoms with van der Waals surface area (Å²) < 4.78 is 16.7. The second kappa shape index (κ2) is 6.84. The van der Waals surface area contributed by atoms with Gasteiger partial charge in [0.1, 0.15) is 5.56 Å². The van der Waals surface area contributed by atoms with Crippen molar-refractivity contribution in [3.63, 3.8) is 0 Å². The zero-order valence-corrected chi connectivity index (χ0v) is 13.8. The van der Waals surface area contributed by atoms with Crippen LogP contribution < -0.4 is 4.74 Å². The van der Waals surface area contributed by atoms with Crippen LogP contribution in [0.4, 0.5) is 0 Å². The molecule has 0 saturated carbocycles. The van der Waals surface area contributed by atoms with Gasteiger partial charge in [-0.05, 0) is 31.4 Å². The maximum Gasteiger partial charge on any atom is 0.259 e. The van der Waals surface area contributed by atoms with Gasteiger partial charge in [0.05, 0.1) is 19.8 Å². The number of amides is 1. The molecule has 2 fully saturated rings. The standard InChI is InChI=1S/C17H24N2O4/c1-21-12-17-7-4-10-23-14(17)6-9-19(11-17)16(20)13-5-3-8-18-15(13)22-2/h3,5,8,14H,4,6-7,9-12H2,1-2H3. The predicted molar refractivity (Wildman–Crippen MR) is 84.6 cm³/mol. The molecule has 3 rings (SSSR count). The summed E-state index contributed by atoms with van der Waals surface area (Å²) in [6.45, 7) is 2.77. The number of nitrogens with zero attached hydrogens (tertiary/aromatic N) is 2. The number of hydrogen-bond donors (Lipinski definition) is 0. The van der Waals surface area contributed by atoms with Crippen LogP contribution in [0.25, 0.3) is 0 Å². The van der Waals surface area contributed by atoms with E-state index in [0.717, 1.165) is 25.9 Å². The van der Waals surface area contributed by atoms with Gasteiger partial charge in [0.2, 0.25) is 5.88 Å². The molecule has 6 nitrogen and oxygen atoms in total. The van der Waals surface area contributed by atoms with E-state index >= 15 is 0 Å². The van der Waals surface area contributed by atoms with Gasteiger partial charge < -0.3 is 19.1 Å². The van der Waals surface area contributed by atoms with E-state index in [1.165, 1.54) is 7.11 Å². The van der Waals surface area contributed by atoms with Crippen molar-refractivity contribution in [2.24, 2.45) is 5.41 Å². The highest BCUT2D eigenvalue weighted by atomic mass is 16.5. The Bertz CT molecular complexity index is 561. The fourth-order valence-corrected chi connectivity index (χ4v) is 3.85. The largest absolute Gasteiger partial charge is 0.480 e. The third kappa shape index (κ3) is 3.05. The molecular weight excluding hydrogens is 296 g/mol. The van der Waals surface area contributed by atoms with E-state index in [9.17, 15) is 4.79 Å². The van der Waals surface area contributed by atoms with E-state index in [-0.39, 0.29) is 17.4 Å². The highest BCUT2D eigenvalue weighted by molar-refractivity contribution is 5.96. The molecule has 1 aromatic rings. The number of methoxy groups -OCH3 is 2. The Morgan fingerprint density at radius 3 is 3.17 bits per heavy atom. The van der Waals surface area contributed by atoms with Crippen molar-refractivity contribution in [2.45, 2.75) is 25.4 Å². The molecule has 6 heteroatoms. The van der Waals surface area contributed by atoms with Crippen LogP contribution in [0.1, 0.15) is 29.6 Å². The molecule has 2 aliphatic rings. The molecule has 0 N–H and O–H groups in total. The molecule has 2 saturated heterocycles. The quantitative estimate of drug-likeness (QED) is 0.846. The predicted octanol–water partition coefficient (Wildman–Crippen LogP) is 1.75. The molecular formula is C17H24N2O4. The Hall–Kier alpha value is -1.66. The summed E-state index contributed by atoms with van der Waals surface area (Å²) >= 11 is 0. The Labute approximate surface area is 136 Å². The molecule has 2 unspecified atom stereocenters. The van der Waals surface area contributed by atoms with Crippen LogP contribution in [0.5, 0.6) is 5.88 Å². The number of fused-ring (bicyclic) bond motifs is 1. The molecule has 126 valence electrons. The first-order valence-electron chi connectivity index (χ1n) is 8.09. The minimum absolute atomic E-state index is 0.0329. The zero-order chi connectivity index (χ0) is 16.3. The molecule has 1 aromatic heterocycles.